The molecule has 88 valence electrons. The molecule has 4 nitrogen and oxygen atoms in total. The fourth-order valence-corrected chi connectivity index (χ4v) is 2.06. The maximum absolute atomic E-state index is 11.3. The van der Waals surface area contributed by atoms with E-state index < -0.39 is 15.7 Å². The van der Waals surface area contributed by atoms with Crippen LogP contribution in [0.1, 0.15) is 26.3 Å². The monoisotopic (exact) mass is 241 g/mol. The van der Waals surface area contributed by atoms with Crippen molar-refractivity contribution >= 4 is 16.5 Å². The molecule has 0 saturated heterocycles. The summed E-state index contributed by atoms with van der Waals surface area (Å²) >= 11 is 0. The van der Waals surface area contributed by atoms with Gasteiger partial charge in [0.1, 0.15) is 4.90 Å². The molecule has 0 aliphatic carbocycles. The van der Waals surface area contributed by atoms with Crippen molar-refractivity contribution in [2.24, 2.45) is 0 Å². The number of nitro benzene ring substituents is 1. The van der Waals surface area contributed by atoms with Gasteiger partial charge >= 0.3 is 0 Å². The summed E-state index contributed by atoms with van der Waals surface area (Å²) in [5, 5.41) is 10.9. The lowest BCUT2D eigenvalue weighted by molar-refractivity contribution is -0.387. The summed E-state index contributed by atoms with van der Waals surface area (Å²) in [6.07, 6.45) is 1.44. The van der Waals surface area contributed by atoms with E-state index in [9.17, 15) is 14.3 Å². The van der Waals surface area contributed by atoms with Crippen LogP contribution in [0.4, 0.5) is 5.69 Å². The maximum atomic E-state index is 11.3. The Bertz CT molecular complexity index is 449. The van der Waals surface area contributed by atoms with Crippen LogP contribution in [-0.2, 0) is 16.2 Å². The second-order valence-corrected chi connectivity index (χ2v) is 5.99. The van der Waals surface area contributed by atoms with Crippen LogP contribution in [0.15, 0.2) is 23.1 Å². The van der Waals surface area contributed by atoms with Gasteiger partial charge in [0.05, 0.1) is 15.7 Å². The van der Waals surface area contributed by atoms with Crippen molar-refractivity contribution in [3.8, 4) is 0 Å². The fraction of sp³-hybridized carbons (Fsp3) is 0.455. The molecule has 0 aliphatic rings. The number of benzene rings is 1. The minimum Gasteiger partial charge on any atom is -0.258 e. The molecule has 0 radical (unpaired) electrons. The van der Waals surface area contributed by atoms with Gasteiger partial charge in [-0.1, -0.05) is 26.8 Å². The van der Waals surface area contributed by atoms with Crippen LogP contribution in [0.25, 0.3) is 0 Å². The van der Waals surface area contributed by atoms with Crippen LogP contribution in [0.2, 0.25) is 0 Å². The number of hydrogen-bond donors (Lipinski definition) is 0. The summed E-state index contributed by atoms with van der Waals surface area (Å²) < 4.78 is 11.3. The Balaban J connectivity index is 3.40. The van der Waals surface area contributed by atoms with E-state index in [2.05, 4.69) is 0 Å². The molecule has 1 unspecified atom stereocenters. The van der Waals surface area contributed by atoms with E-state index >= 15 is 0 Å². The summed E-state index contributed by atoms with van der Waals surface area (Å²) in [5.41, 5.74) is 0.653. The largest absolute Gasteiger partial charge is 0.285 e. The highest BCUT2D eigenvalue weighted by atomic mass is 32.2. The van der Waals surface area contributed by atoms with E-state index in [-0.39, 0.29) is 16.0 Å². The lowest BCUT2D eigenvalue weighted by atomic mass is 9.87. The van der Waals surface area contributed by atoms with E-state index in [0.717, 1.165) is 5.56 Å². The minimum atomic E-state index is -1.34. The highest BCUT2D eigenvalue weighted by molar-refractivity contribution is 7.84. The zero-order valence-corrected chi connectivity index (χ0v) is 10.6. The van der Waals surface area contributed by atoms with E-state index in [1.165, 1.54) is 12.3 Å². The van der Waals surface area contributed by atoms with Gasteiger partial charge in [-0.3, -0.25) is 14.3 Å². The molecule has 0 aromatic heterocycles. The van der Waals surface area contributed by atoms with Crippen LogP contribution in [0.3, 0.4) is 0 Å². The average molecular weight is 241 g/mol. The molecule has 1 atom stereocenters. The van der Waals surface area contributed by atoms with Gasteiger partial charge in [0.25, 0.3) is 5.69 Å². The summed E-state index contributed by atoms with van der Waals surface area (Å²) in [7, 11) is -1.34. The van der Waals surface area contributed by atoms with Crippen LogP contribution < -0.4 is 0 Å². The normalized spacial score (nSPS) is 13.5. The Morgan fingerprint density at radius 2 is 1.88 bits per heavy atom. The molecule has 0 fully saturated rings. The fourth-order valence-electron chi connectivity index (χ4n) is 1.37. The lowest BCUT2D eigenvalue weighted by Gasteiger charge is -2.18. The molecule has 0 bridgehead atoms. The van der Waals surface area contributed by atoms with Crippen molar-refractivity contribution in [3.05, 3.63) is 33.9 Å². The standard InChI is InChI=1S/C11H15NO3S/c1-11(2,3)8-5-6-10(16(4)15)9(7-8)12(13)14/h5-7H,1-4H3. The smallest absolute Gasteiger partial charge is 0.258 e. The van der Waals surface area contributed by atoms with E-state index in [0.29, 0.717) is 0 Å². The van der Waals surface area contributed by atoms with E-state index in [1.54, 1.807) is 12.1 Å². The van der Waals surface area contributed by atoms with E-state index in [4.69, 9.17) is 0 Å². The Kier molecular flexibility index (Phi) is 3.48. The zero-order valence-electron chi connectivity index (χ0n) is 9.81. The van der Waals surface area contributed by atoms with Gasteiger partial charge in [0, 0.05) is 12.3 Å². The minimum absolute atomic E-state index is 0.0618. The molecular formula is C11H15NO3S. The first kappa shape index (κ1) is 12.8. The van der Waals surface area contributed by atoms with Gasteiger partial charge < -0.3 is 0 Å². The van der Waals surface area contributed by atoms with Gasteiger partial charge in [-0.05, 0) is 17.0 Å². The van der Waals surface area contributed by atoms with Gasteiger partial charge in [0.2, 0.25) is 0 Å². The van der Waals surface area contributed by atoms with Crippen LogP contribution in [0.5, 0.6) is 0 Å². The molecule has 0 N–H and O–H groups in total. The molecule has 1 aromatic carbocycles. The van der Waals surface area contributed by atoms with Crippen molar-refractivity contribution in [3.63, 3.8) is 0 Å². The second kappa shape index (κ2) is 4.33. The molecule has 0 aliphatic heterocycles. The third-order valence-electron chi connectivity index (χ3n) is 2.33. The Labute approximate surface area is 97.3 Å². The predicted molar refractivity (Wildman–Crippen MR) is 64.1 cm³/mol. The molecule has 16 heavy (non-hydrogen) atoms. The highest BCUT2D eigenvalue weighted by Gasteiger charge is 2.22. The molecule has 1 rings (SSSR count). The quantitative estimate of drug-likeness (QED) is 0.590. The SMILES string of the molecule is CS(=O)c1ccc(C(C)(C)C)cc1[N+](=O)[O-]. The number of rotatable bonds is 2. The predicted octanol–water partition coefficient (Wildman–Crippen LogP) is 2.63. The molecule has 1 aromatic rings. The topological polar surface area (TPSA) is 60.2 Å². The Morgan fingerprint density at radius 3 is 2.25 bits per heavy atom. The number of hydrogen-bond acceptors (Lipinski definition) is 3. The molecule has 0 amide bonds. The summed E-state index contributed by atoms with van der Waals surface area (Å²) in [6, 6.07) is 4.88. The molecule has 0 heterocycles. The van der Waals surface area contributed by atoms with Crippen molar-refractivity contribution < 1.29 is 9.13 Å². The number of nitro groups is 1. The first-order valence-corrected chi connectivity index (χ1v) is 6.41. The highest BCUT2D eigenvalue weighted by Crippen LogP contribution is 2.29. The van der Waals surface area contributed by atoms with Crippen LogP contribution >= 0.6 is 0 Å². The van der Waals surface area contributed by atoms with Gasteiger partial charge in [-0.15, -0.1) is 0 Å². The molecule has 0 spiro atoms. The van der Waals surface area contributed by atoms with Crippen molar-refractivity contribution in [2.45, 2.75) is 31.1 Å². The zero-order chi connectivity index (χ0) is 12.5. The first-order chi connectivity index (χ1) is 7.23. The van der Waals surface area contributed by atoms with Gasteiger partial charge in [-0.2, -0.15) is 0 Å². The third kappa shape index (κ3) is 2.66. The summed E-state index contributed by atoms with van der Waals surface area (Å²) in [6.45, 7) is 5.94. The lowest BCUT2D eigenvalue weighted by Crippen LogP contribution is -2.12. The summed E-state index contributed by atoms with van der Waals surface area (Å²) in [5.74, 6) is 0. The van der Waals surface area contributed by atoms with Crippen LogP contribution in [0, 0.1) is 10.1 Å². The molecular weight excluding hydrogens is 226 g/mol. The maximum Gasteiger partial charge on any atom is 0.285 e. The molecule has 5 heteroatoms. The van der Waals surface area contributed by atoms with Crippen molar-refractivity contribution in [1.29, 1.82) is 0 Å². The van der Waals surface area contributed by atoms with Crippen LogP contribution in [-0.4, -0.2) is 15.4 Å². The third-order valence-corrected chi connectivity index (χ3v) is 3.30. The molecule has 0 saturated carbocycles. The second-order valence-electron chi connectivity index (χ2n) is 4.64. The van der Waals surface area contributed by atoms with E-state index in [1.807, 2.05) is 20.8 Å². The number of nitrogens with zero attached hydrogens (tertiary/aromatic N) is 1. The van der Waals surface area contributed by atoms with Crippen molar-refractivity contribution in [1.82, 2.24) is 0 Å². The summed E-state index contributed by atoms with van der Waals surface area (Å²) in [4.78, 5) is 10.7. The average Bonchev–Trinajstić information content (AvgIpc) is 2.15. The Hall–Kier alpha value is -1.23. The first-order valence-electron chi connectivity index (χ1n) is 4.86. The van der Waals surface area contributed by atoms with Gasteiger partial charge in [0.15, 0.2) is 0 Å². The van der Waals surface area contributed by atoms with Gasteiger partial charge in [-0.25, -0.2) is 0 Å². The van der Waals surface area contributed by atoms with Crippen molar-refractivity contribution in [2.75, 3.05) is 6.26 Å². The Morgan fingerprint density at radius 1 is 1.31 bits per heavy atom.